The fourth-order valence-corrected chi connectivity index (χ4v) is 14.4. The molecule has 0 N–H and O–H groups in total. The van der Waals surface area contributed by atoms with Gasteiger partial charge in [-0.05, 0) is 147 Å². The Balaban J connectivity index is 0.000000234. The number of benzene rings is 6. The van der Waals surface area contributed by atoms with Crippen molar-refractivity contribution in [3.05, 3.63) is 197 Å². The second-order valence-corrected chi connectivity index (χ2v) is 22.2. The molecule has 0 amide bonds. The van der Waals surface area contributed by atoms with Gasteiger partial charge in [0.05, 0.1) is 0 Å². The fraction of sp³-hybridized carbons (Fsp3) is 0.259. The molecule has 0 bridgehead atoms. The van der Waals surface area contributed by atoms with Crippen LogP contribution in [0.4, 0.5) is 0 Å². The summed E-state index contributed by atoms with van der Waals surface area (Å²) in [7, 11) is -8.28. The Morgan fingerprint density at radius 1 is 0.306 bits per heavy atom. The van der Waals surface area contributed by atoms with E-state index in [1.165, 1.54) is 0 Å². The molecule has 0 unspecified atom stereocenters. The Hall–Kier alpha value is -5.54. The highest BCUT2D eigenvalue weighted by atomic mass is 31.2. The van der Waals surface area contributed by atoms with E-state index in [2.05, 4.69) is 0 Å². The monoisotopic (exact) mass is 864 g/mol. The lowest BCUT2D eigenvalue weighted by Crippen LogP contribution is -2.24. The lowest BCUT2D eigenvalue weighted by Gasteiger charge is -2.22. The van der Waals surface area contributed by atoms with Crippen LogP contribution in [0.25, 0.3) is 0 Å². The molecule has 320 valence electrons. The van der Waals surface area contributed by atoms with Crippen LogP contribution in [0.5, 0.6) is 0 Å². The molecule has 6 aromatic carbocycles. The summed E-state index contributed by atoms with van der Waals surface area (Å²) in [6.45, 7) is 26.2. The van der Waals surface area contributed by atoms with Crippen LogP contribution in [-0.2, 0) is 9.13 Å². The third-order valence-electron chi connectivity index (χ3n) is 11.6. The van der Waals surface area contributed by atoms with Gasteiger partial charge in [0.1, 0.15) is 0 Å². The maximum absolute atomic E-state index is 14.7. The minimum absolute atomic E-state index is 0.284. The van der Waals surface area contributed by atoms with Gasteiger partial charge in [0, 0.05) is 32.9 Å². The summed E-state index contributed by atoms with van der Waals surface area (Å²) in [6.07, 6.45) is 0. The van der Waals surface area contributed by atoms with E-state index in [0.29, 0.717) is 33.1 Å². The van der Waals surface area contributed by atoms with Crippen LogP contribution in [0, 0.1) is 96.9 Å². The Kier molecular flexibility index (Phi) is 14.1. The maximum atomic E-state index is 14.7. The van der Waals surface area contributed by atoms with Gasteiger partial charge in [0.15, 0.2) is 0 Å². The molecule has 0 atom stereocenters. The van der Waals surface area contributed by atoms with E-state index in [1.54, 1.807) is 49.4 Å². The molecule has 6 aromatic rings. The normalized spacial score (nSPS) is 11.5. The highest BCUT2D eigenvalue weighted by molar-refractivity contribution is 8.01. The van der Waals surface area contributed by atoms with Crippen molar-refractivity contribution in [2.24, 2.45) is 0 Å². The molecule has 62 heavy (non-hydrogen) atoms. The third kappa shape index (κ3) is 9.01. The van der Waals surface area contributed by atoms with Crippen LogP contribution in [-0.4, -0.2) is 22.1 Å². The van der Waals surface area contributed by atoms with Gasteiger partial charge in [-0.3, -0.25) is 19.2 Å². The lowest BCUT2D eigenvalue weighted by molar-refractivity contribution is 0.102. The summed E-state index contributed by atoms with van der Waals surface area (Å²) in [4.78, 5) is 55.8. The van der Waals surface area contributed by atoms with Crippen LogP contribution >= 0.6 is 14.3 Å². The molecule has 0 fully saturated rings. The largest absolute Gasteiger partial charge is 0.302 e. The summed E-state index contributed by atoms with van der Waals surface area (Å²) in [5, 5.41) is 0.607. The van der Waals surface area contributed by atoms with E-state index in [1.807, 2.05) is 145 Å². The van der Waals surface area contributed by atoms with E-state index in [9.17, 15) is 28.3 Å². The molecule has 6 nitrogen and oxygen atoms in total. The highest BCUT2D eigenvalue weighted by Gasteiger charge is 2.46. The second kappa shape index (κ2) is 18.4. The first-order chi connectivity index (χ1) is 28.9. The molecule has 0 saturated heterocycles. The molecule has 0 saturated carbocycles. The standard InChI is InChI=1S/2C27H29O3P/c1-16-8-10-23(11-9-16)31(30,26(28)24-19(4)12-17(2)13-20(24)5)27(29)25-21(6)14-18(3)15-22(25)7;1-16-12-19(4)24(20(5)13-16)26(28)31(30,23-11-9-8-10-18(23)3)27(29)25-21(6)14-17(2)15-22(25)7/h2*8-15H,1-7H3. The van der Waals surface area contributed by atoms with E-state index < -0.39 is 36.4 Å². The molecule has 6 rings (SSSR count). The van der Waals surface area contributed by atoms with Gasteiger partial charge >= 0.3 is 0 Å². The van der Waals surface area contributed by atoms with Crippen molar-refractivity contribution in [3.63, 3.8) is 0 Å². The van der Waals surface area contributed by atoms with E-state index in [-0.39, 0.29) is 5.30 Å². The van der Waals surface area contributed by atoms with Crippen LogP contribution in [0.2, 0.25) is 0 Å². The van der Waals surface area contributed by atoms with Gasteiger partial charge in [-0.25, -0.2) is 0 Å². The molecule has 0 heterocycles. The highest BCUT2D eigenvalue weighted by Crippen LogP contribution is 2.54. The van der Waals surface area contributed by atoms with Gasteiger partial charge in [0.25, 0.3) is 0 Å². The molecular weight excluding hydrogens is 807 g/mol. The van der Waals surface area contributed by atoms with Crippen LogP contribution in [0.3, 0.4) is 0 Å². The summed E-state index contributed by atoms with van der Waals surface area (Å²) in [5.74, 6) is 0. The number of hydrogen-bond acceptors (Lipinski definition) is 6. The molecule has 0 aliphatic carbocycles. The second-order valence-electron chi connectivity index (χ2n) is 17.2. The zero-order valence-corrected chi connectivity index (χ0v) is 40.4. The van der Waals surface area contributed by atoms with Crippen molar-refractivity contribution in [2.75, 3.05) is 0 Å². The molecule has 0 aliphatic heterocycles. The zero-order chi connectivity index (χ0) is 46.2. The zero-order valence-electron chi connectivity index (χ0n) is 38.6. The van der Waals surface area contributed by atoms with Crippen molar-refractivity contribution >= 4 is 47.0 Å². The number of carbonyl (C=O) groups is 4. The van der Waals surface area contributed by atoms with Gasteiger partial charge in [-0.15, -0.1) is 0 Å². The van der Waals surface area contributed by atoms with Gasteiger partial charge in [-0.2, -0.15) is 0 Å². The van der Waals surface area contributed by atoms with E-state index in [4.69, 9.17) is 0 Å². The molecule has 0 aromatic heterocycles. The van der Waals surface area contributed by atoms with Crippen LogP contribution in [0.1, 0.15) is 119 Å². The minimum atomic E-state index is -4.15. The maximum Gasteiger partial charge on any atom is 0.248 e. The van der Waals surface area contributed by atoms with E-state index >= 15 is 0 Å². The minimum Gasteiger partial charge on any atom is -0.302 e. The van der Waals surface area contributed by atoms with Crippen LogP contribution < -0.4 is 10.6 Å². The Bertz CT molecular complexity index is 2680. The molecule has 0 aliphatic rings. The van der Waals surface area contributed by atoms with E-state index in [0.717, 1.165) is 72.3 Å². The number of hydrogen-bond donors (Lipinski definition) is 0. The Morgan fingerprint density at radius 3 is 0.839 bits per heavy atom. The third-order valence-corrected chi connectivity index (χ3v) is 16.9. The molecular formula is C54H58O6P2. The molecule has 0 radical (unpaired) electrons. The van der Waals surface area contributed by atoms with Crippen molar-refractivity contribution < 1.29 is 28.3 Å². The van der Waals surface area contributed by atoms with Crippen molar-refractivity contribution in [1.82, 2.24) is 0 Å². The Morgan fingerprint density at radius 2 is 0.565 bits per heavy atom. The SMILES string of the molecule is Cc1cc(C)c(C(=O)P(=O)(C(=O)c2c(C)cc(C)cc2C)c2ccccc2C)c(C)c1.Cc1ccc(P(=O)(C(=O)c2c(C)cc(C)cc2C)C(=O)c2c(C)cc(C)cc2C)cc1. The van der Waals surface area contributed by atoms with Gasteiger partial charge < -0.3 is 9.13 Å². The lowest BCUT2D eigenvalue weighted by atomic mass is 10.0. The fourth-order valence-electron chi connectivity index (χ4n) is 9.01. The number of rotatable bonds is 10. The first-order valence-electron chi connectivity index (χ1n) is 20.8. The van der Waals surface area contributed by atoms with Gasteiger partial charge in [0.2, 0.25) is 36.4 Å². The summed E-state index contributed by atoms with van der Waals surface area (Å²) in [6, 6.07) is 29.1. The Labute approximate surface area is 368 Å². The quantitative estimate of drug-likeness (QED) is 0.127. The predicted octanol–water partition coefficient (Wildman–Crippen LogP) is 13.0. The average Bonchev–Trinajstić information content (AvgIpc) is 3.16. The van der Waals surface area contributed by atoms with Gasteiger partial charge in [-0.1, -0.05) is 125 Å². The number of carbonyl (C=O) groups excluding carboxylic acids is 4. The summed E-state index contributed by atoms with van der Waals surface area (Å²) < 4.78 is 29.3. The first-order valence-corrected chi connectivity index (χ1v) is 24.2. The molecule has 8 heteroatoms. The van der Waals surface area contributed by atoms with Crippen LogP contribution in [0.15, 0.2) is 97.1 Å². The van der Waals surface area contributed by atoms with Crippen molar-refractivity contribution in [3.8, 4) is 0 Å². The predicted molar refractivity (Wildman–Crippen MR) is 257 cm³/mol. The molecule has 0 spiro atoms. The average molecular weight is 865 g/mol. The van der Waals surface area contributed by atoms with Crippen molar-refractivity contribution in [2.45, 2.75) is 96.9 Å². The summed E-state index contributed by atoms with van der Waals surface area (Å²) in [5.41, 5.74) is 10.8. The smallest absolute Gasteiger partial charge is 0.248 e. The first kappa shape index (κ1) is 47.5. The summed E-state index contributed by atoms with van der Waals surface area (Å²) >= 11 is 0. The van der Waals surface area contributed by atoms with Crippen molar-refractivity contribution in [1.29, 1.82) is 0 Å². The number of aryl methyl sites for hydroxylation is 14. The topological polar surface area (TPSA) is 102 Å².